The quantitative estimate of drug-likeness (QED) is 0.341. The van der Waals surface area contributed by atoms with Crippen LogP contribution in [0.5, 0.6) is 0 Å². The fraction of sp³-hybridized carbons (Fsp3) is 0.788. The van der Waals surface area contributed by atoms with Crippen molar-refractivity contribution in [1.29, 1.82) is 0 Å². The van der Waals surface area contributed by atoms with Crippen molar-refractivity contribution in [3.05, 3.63) is 36.5 Å². The first kappa shape index (κ1) is 35.2. The summed E-state index contributed by atoms with van der Waals surface area (Å²) in [6.07, 6.45) is 7.78. The number of carbonyl (C=O) groups is 1. The van der Waals surface area contributed by atoms with Crippen LogP contribution < -0.4 is 0 Å². The molecule has 14 atom stereocenters. The van der Waals surface area contributed by atoms with E-state index in [2.05, 4.69) is 26.0 Å². The first-order chi connectivity index (χ1) is 21.1. The summed E-state index contributed by atoms with van der Waals surface area (Å²) in [6.45, 7) is 5.52. The van der Waals surface area contributed by atoms with Gasteiger partial charge in [0.1, 0.15) is 24.4 Å². The number of rotatable bonds is 4. The lowest BCUT2D eigenvalue weighted by atomic mass is 9.92. The van der Waals surface area contributed by atoms with Gasteiger partial charge in [-0.15, -0.1) is 0 Å². The SMILES string of the molecule is CO[C@H]1[C@H](O[C@@H]2C[C@@H]3C/C=C/C(=O)O[C@@H](CO)C[C@H](O)[C@@H]4C[C@H](C)[C@H](C/C=C\C=C\[C@H](C)C[C@H](C2)O3)O4)O[C@@H](C)[C@H](O)[C@H]1O. The lowest BCUT2D eigenvalue weighted by Crippen LogP contribution is -2.59. The summed E-state index contributed by atoms with van der Waals surface area (Å²) in [4.78, 5) is 12.6. The Morgan fingerprint density at radius 1 is 0.864 bits per heavy atom. The van der Waals surface area contributed by atoms with Crippen LogP contribution in [0.3, 0.4) is 0 Å². The number of methoxy groups -OCH3 is 1. The summed E-state index contributed by atoms with van der Waals surface area (Å²) in [7, 11) is 1.45. The van der Waals surface area contributed by atoms with E-state index in [4.69, 9.17) is 28.4 Å². The number of hydrogen-bond acceptors (Lipinski definition) is 11. The molecule has 250 valence electrons. The van der Waals surface area contributed by atoms with Crippen molar-refractivity contribution in [3.63, 3.8) is 0 Å². The molecule has 0 aromatic carbocycles. The third-order valence-corrected chi connectivity index (χ3v) is 9.17. The molecule has 0 spiro atoms. The van der Waals surface area contributed by atoms with Crippen LogP contribution in [0, 0.1) is 11.8 Å². The Morgan fingerprint density at radius 3 is 2.39 bits per heavy atom. The number of hydrogen-bond donors (Lipinski definition) is 4. The Labute approximate surface area is 260 Å². The van der Waals surface area contributed by atoms with Crippen LogP contribution in [0.15, 0.2) is 36.5 Å². The maximum Gasteiger partial charge on any atom is 0.330 e. The molecule has 44 heavy (non-hydrogen) atoms. The van der Waals surface area contributed by atoms with Crippen LogP contribution in [0.4, 0.5) is 0 Å². The zero-order valence-corrected chi connectivity index (χ0v) is 26.4. The number of aliphatic hydroxyl groups is 4. The van der Waals surface area contributed by atoms with E-state index in [1.807, 2.05) is 12.2 Å². The predicted molar refractivity (Wildman–Crippen MR) is 160 cm³/mol. The molecular formula is C33H52O11. The van der Waals surface area contributed by atoms with Crippen LogP contribution in [0.25, 0.3) is 0 Å². The largest absolute Gasteiger partial charge is 0.457 e. The summed E-state index contributed by atoms with van der Waals surface area (Å²) in [5.41, 5.74) is 0. The minimum Gasteiger partial charge on any atom is -0.457 e. The minimum absolute atomic E-state index is 0.0217. The molecule has 3 fully saturated rings. The molecule has 0 saturated carbocycles. The normalized spacial score (nSPS) is 46.8. The Hall–Kier alpha value is -1.67. The topological polar surface area (TPSA) is 153 Å². The molecule has 0 unspecified atom stereocenters. The zero-order chi connectivity index (χ0) is 31.8. The van der Waals surface area contributed by atoms with Gasteiger partial charge in [0.25, 0.3) is 0 Å². The van der Waals surface area contributed by atoms with Crippen molar-refractivity contribution in [2.45, 2.75) is 139 Å². The molecule has 0 aliphatic carbocycles. The van der Waals surface area contributed by atoms with Gasteiger partial charge in [-0.05, 0) is 44.4 Å². The second kappa shape index (κ2) is 16.8. The molecule has 4 bridgehead atoms. The number of cyclic esters (lactones) is 1. The van der Waals surface area contributed by atoms with Crippen molar-refractivity contribution in [2.24, 2.45) is 11.8 Å². The number of ether oxygens (including phenoxy) is 6. The highest BCUT2D eigenvalue weighted by molar-refractivity contribution is 5.82. The summed E-state index contributed by atoms with van der Waals surface area (Å²) in [5.74, 6) is -0.126. The average molecular weight is 625 g/mol. The maximum atomic E-state index is 12.6. The predicted octanol–water partition coefficient (Wildman–Crippen LogP) is 2.34. The van der Waals surface area contributed by atoms with Gasteiger partial charge < -0.3 is 48.8 Å². The molecule has 4 rings (SSSR count). The Morgan fingerprint density at radius 2 is 1.64 bits per heavy atom. The van der Waals surface area contributed by atoms with E-state index >= 15 is 0 Å². The van der Waals surface area contributed by atoms with Gasteiger partial charge >= 0.3 is 5.97 Å². The zero-order valence-electron chi connectivity index (χ0n) is 26.4. The third-order valence-electron chi connectivity index (χ3n) is 9.17. The lowest BCUT2D eigenvalue weighted by molar-refractivity contribution is -0.315. The molecule has 11 nitrogen and oxygen atoms in total. The maximum absolute atomic E-state index is 12.6. The van der Waals surface area contributed by atoms with Gasteiger partial charge in [-0.1, -0.05) is 44.2 Å². The molecule has 3 saturated heterocycles. The van der Waals surface area contributed by atoms with E-state index in [1.54, 1.807) is 13.0 Å². The van der Waals surface area contributed by atoms with Gasteiger partial charge in [-0.3, -0.25) is 0 Å². The summed E-state index contributed by atoms with van der Waals surface area (Å²) >= 11 is 0. The van der Waals surface area contributed by atoms with Gasteiger partial charge in [0.15, 0.2) is 6.29 Å². The van der Waals surface area contributed by atoms with Crippen molar-refractivity contribution >= 4 is 5.97 Å². The van der Waals surface area contributed by atoms with Crippen LogP contribution in [-0.4, -0.2) is 114 Å². The van der Waals surface area contributed by atoms with E-state index in [0.717, 1.165) is 12.8 Å². The third kappa shape index (κ3) is 9.67. The number of allylic oxidation sites excluding steroid dienone is 3. The van der Waals surface area contributed by atoms with E-state index in [9.17, 15) is 25.2 Å². The van der Waals surface area contributed by atoms with Crippen LogP contribution >= 0.6 is 0 Å². The highest BCUT2D eigenvalue weighted by atomic mass is 16.7. The van der Waals surface area contributed by atoms with Gasteiger partial charge in [0.2, 0.25) is 0 Å². The Kier molecular flexibility index (Phi) is 13.4. The van der Waals surface area contributed by atoms with E-state index in [0.29, 0.717) is 25.7 Å². The first-order valence-electron chi connectivity index (χ1n) is 16.1. The average Bonchev–Trinajstić information content (AvgIpc) is 3.35. The molecule has 0 aromatic heterocycles. The summed E-state index contributed by atoms with van der Waals surface area (Å²) in [5, 5.41) is 41.4. The van der Waals surface area contributed by atoms with Crippen molar-refractivity contribution in [1.82, 2.24) is 0 Å². The van der Waals surface area contributed by atoms with Gasteiger partial charge in [0, 0.05) is 32.4 Å². The minimum atomic E-state index is -1.15. The first-order valence-corrected chi connectivity index (χ1v) is 16.1. The van der Waals surface area contributed by atoms with E-state index in [-0.39, 0.29) is 48.8 Å². The Bertz CT molecular complexity index is 985. The molecular weight excluding hydrogens is 572 g/mol. The Balaban J connectivity index is 1.47. The van der Waals surface area contributed by atoms with E-state index < -0.39 is 55.5 Å². The molecule has 4 aliphatic heterocycles. The van der Waals surface area contributed by atoms with Crippen LogP contribution in [-0.2, 0) is 33.2 Å². The molecule has 11 heteroatoms. The summed E-state index contributed by atoms with van der Waals surface area (Å²) in [6, 6.07) is 0. The monoisotopic (exact) mass is 624 g/mol. The van der Waals surface area contributed by atoms with Gasteiger partial charge in [-0.2, -0.15) is 0 Å². The van der Waals surface area contributed by atoms with Crippen molar-refractivity contribution < 1.29 is 53.6 Å². The standard InChI is InChI=1S/C33H52O11/c1-19-9-6-5-7-11-27-20(2)14-28(44-27)26(35)17-25(18-34)42-29(36)12-8-10-22-15-24(16-23(13-19)41-22)43-33-32(39-4)31(38)30(37)21(3)40-33/h5-9,12,19-28,30-35,37-38H,10-11,13-18H2,1-4H3/b7-5-,9-6+,12-8+/t19-,20-,21-,22-,23+,24+,25+,26-,27-,28-,30-,31+,32+,33-/m0/s1. The van der Waals surface area contributed by atoms with Gasteiger partial charge in [-0.25, -0.2) is 4.79 Å². The van der Waals surface area contributed by atoms with Crippen LogP contribution in [0.1, 0.15) is 65.7 Å². The summed E-state index contributed by atoms with van der Waals surface area (Å²) < 4.78 is 35.7. The smallest absolute Gasteiger partial charge is 0.330 e. The molecule has 0 aromatic rings. The van der Waals surface area contributed by atoms with Crippen molar-refractivity contribution in [3.8, 4) is 0 Å². The fourth-order valence-electron chi connectivity index (χ4n) is 6.64. The molecule has 0 amide bonds. The molecule has 4 heterocycles. The highest BCUT2D eigenvalue weighted by Crippen LogP contribution is 2.33. The number of fused-ring (bicyclic) bond motifs is 4. The highest BCUT2D eigenvalue weighted by Gasteiger charge is 2.45. The molecule has 4 N–H and O–H groups in total. The molecule has 4 aliphatic rings. The second-order valence-electron chi connectivity index (χ2n) is 12.9. The number of carbonyl (C=O) groups excluding carboxylic acids is 1. The van der Waals surface area contributed by atoms with Crippen LogP contribution in [0.2, 0.25) is 0 Å². The van der Waals surface area contributed by atoms with Gasteiger partial charge in [0.05, 0.1) is 49.3 Å². The lowest BCUT2D eigenvalue weighted by Gasteiger charge is -2.43. The fourth-order valence-corrected chi connectivity index (χ4v) is 6.64. The number of aliphatic hydroxyl groups excluding tert-OH is 4. The second-order valence-corrected chi connectivity index (χ2v) is 12.9. The molecule has 0 radical (unpaired) electrons. The van der Waals surface area contributed by atoms with E-state index in [1.165, 1.54) is 13.2 Å². The number of esters is 1. The van der Waals surface area contributed by atoms with Crippen molar-refractivity contribution in [2.75, 3.05) is 13.7 Å².